The van der Waals surface area contributed by atoms with Gasteiger partial charge in [-0.1, -0.05) is 22.0 Å². The fourth-order valence-electron chi connectivity index (χ4n) is 1.14. The summed E-state index contributed by atoms with van der Waals surface area (Å²) in [6.45, 7) is 0. The van der Waals surface area contributed by atoms with E-state index in [9.17, 15) is 0 Å². The molecule has 0 aliphatic carbocycles. The molecule has 1 aromatic heterocycles. The summed E-state index contributed by atoms with van der Waals surface area (Å²) in [5, 5.41) is 1.31. The first-order chi connectivity index (χ1) is 5.79. The normalized spacial score (nSPS) is 10.8. The number of fused-ring (bicyclic) bond motifs is 1. The van der Waals surface area contributed by atoms with Crippen molar-refractivity contribution in [3.05, 3.63) is 33.6 Å². The molecule has 3 heteroatoms. The van der Waals surface area contributed by atoms with Gasteiger partial charge in [-0.25, -0.2) is 0 Å². The first kappa shape index (κ1) is 8.60. The summed E-state index contributed by atoms with van der Waals surface area (Å²) in [7, 11) is 0. The van der Waals surface area contributed by atoms with E-state index in [-0.39, 0.29) is 0 Å². The van der Waals surface area contributed by atoms with Crippen LogP contribution >= 0.6 is 39.9 Å². The van der Waals surface area contributed by atoms with E-state index in [4.69, 9.17) is 0 Å². The Balaban J connectivity index is 2.67. The first-order valence-corrected chi connectivity index (χ1v) is 5.82. The van der Waals surface area contributed by atoms with E-state index < -0.39 is 0 Å². The largest absolute Gasteiger partial charge is 0.174 e. The summed E-state index contributed by atoms with van der Waals surface area (Å²) >= 11 is 9.50. The molecule has 0 radical (unpaired) electrons. The number of benzene rings is 1. The molecule has 0 unspecified atom stereocenters. The van der Waals surface area contributed by atoms with Gasteiger partial charge in [-0.3, -0.25) is 0 Å². The van der Waals surface area contributed by atoms with Crippen LogP contribution in [0.5, 0.6) is 0 Å². The van der Waals surface area contributed by atoms with Crippen LogP contribution < -0.4 is 0 Å². The van der Waals surface area contributed by atoms with Gasteiger partial charge in [0.2, 0.25) is 0 Å². The van der Waals surface area contributed by atoms with Gasteiger partial charge in [-0.15, -0.1) is 11.3 Å². The van der Waals surface area contributed by atoms with Crippen molar-refractivity contribution in [1.82, 2.24) is 0 Å². The van der Waals surface area contributed by atoms with Crippen molar-refractivity contribution in [1.29, 1.82) is 0 Å². The molecule has 2 aromatic rings. The van der Waals surface area contributed by atoms with Crippen molar-refractivity contribution < 1.29 is 0 Å². The maximum Gasteiger partial charge on any atom is 0.0357 e. The Morgan fingerprint density at radius 2 is 2.17 bits per heavy atom. The second kappa shape index (κ2) is 3.40. The molecule has 1 aromatic carbocycles. The van der Waals surface area contributed by atoms with Gasteiger partial charge in [0.05, 0.1) is 0 Å². The van der Waals surface area contributed by atoms with Crippen LogP contribution in [-0.2, 0) is 5.75 Å². The predicted molar refractivity (Wildman–Crippen MR) is 62.2 cm³/mol. The molecule has 1 heterocycles. The van der Waals surface area contributed by atoms with Crippen molar-refractivity contribution in [3.8, 4) is 0 Å². The third kappa shape index (κ3) is 1.53. The van der Waals surface area contributed by atoms with E-state index in [1.165, 1.54) is 15.0 Å². The zero-order valence-corrected chi connectivity index (χ0v) is 9.55. The third-order valence-electron chi connectivity index (χ3n) is 1.69. The average molecular weight is 259 g/mol. The molecule has 0 N–H and O–H groups in total. The second-order valence-corrected chi connectivity index (χ2v) is 4.95. The highest BCUT2D eigenvalue weighted by molar-refractivity contribution is 9.10. The smallest absolute Gasteiger partial charge is 0.0357 e. The van der Waals surface area contributed by atoms with Crippen LogP contribution in [0.1, 0.15) is 4.88 Å². The molecule has 0 spiro atoms. The Labute approximate surface area is 89.1 Å². The van der Waals surface area contributed by atoms with Crippen molar-refractivity contribution in [2.24, 2.45) is 0 Å². The lowest BCUT2D eigenvalue weighted by molar-refractivity contribution is 1.58. The molecule has 0 aliphatic heterocycles. The number of hydrogen-bond donors (Lipinski definition) is 1. The summed E-state index contributed by atoms with van der Waals surface area (Å²) in [6, 6.07) is 8.53. The molecule has 0 nitrogen and oxygen atoms in total. The second-order valence-electron chi connectivity index (χ2n) is 2.55. The quantitative estimate of drug-likeness (QED) is 0.732. The van der Waals surface area contributed by atoms with Crippen molar-refractivity contribution >= 4 is 50.0 Å². The fraction of sp³-hybridized carbons (Fsp3) is 0.111. The van der Waals surface area contributed by atoms with E-state index in [0.717, 1.165) is 10.2 Å². The highest BCUT2D eigenvalue weighted by Gasteiger charge is 1.99. The number of rotatable bonds is 1. The Hall–Kier alpha value is 0.01000. The molecule has 62 valence electrons. The molecule has 0 fully saturated rings. The molecular weight excluding hydrogens is 252 g/mol. The minimum absolute atomic E-state index is 0.830. The van der Waals surface area contributed by atoms with E-state index in [1.54, 1.807) is 11.3 Å². The number of hydrogen-bond acceptors (Lipinski definition) is 2. The van der Waals surface area contributed by atoms with Crippen LogP contribution in [0.15, 0.2) is 28.7 Å². The Morgan fingerprint density at radius 3 is 2.92 bits per heavy atom. The zero-order chi connectivity index (χ0) is 8.55. The van der Waals surface area contributed by atoms with Crippen molar-refractivity contribution in [2.75, 3.05) is 0 Å². The first-order valence-electron chi connectivity index (χ1n) is 3.58. The maximum atomic E-state index is 4.25. The molecule has 2 rings (SSSR count). The van der Waals surface area contributed by atoms with E-state index in [0.29, 0.717) is 0 Å². The molecule has 0 saturated heterocycles. The van der Waals surface area contributed by atoms with E-state index >= 15 is 0 Å². The molecule has 0 aliphatic rings. The Morgan fingerprint density at radius 1 is 1.33 bits per heavy atom. The Kier molecular flexibility index (Phi) is 2.44. The topological polar surface area (TPSA) is 0 Å². The van der Waals surface area contributed by atoms with Crippen LogP contribution in [-0.4, -0.2) is 0 Å². The zero-order valence-electron chi connectivity index (χ0n) is 6.25. The molecule has 12 heavy (non-hydrogen) atoms. The number of thiol groups is 1. The van der Waals surface area contributed by atoms with Gasteiger partial charge < -0.3 is 0 Å². The molecule has 0 atom stereocenters. The lowest BCUT2D eigenvalue weighted by atomic mass is 10.2. The fourth-order valence-corrected chi connectivity index (χ4v) is 2.90. The van der Waals surface area contributed by atoms with Gasteiger partial charge in [0.25, 0.3) is 0 Å². The summed E-state index contributed by atoms with van der Waals surface area (Å²) in [5.74, 6) is 0.830. The highest BCUT2D eigenvalue weighted by Crippen LogP contribution is 2.28. The number of halogens is 1. The molecule has 0 amide bonds. The van der Waals surface area contributed by atoms with Crippen molar-refractivity contribution in [3.63, 3.8) is 0 Å². The summed E-state index contributed by atoms with van der Waals surface area (Å²) < 4.78 is 2.47. The van der Waals surface area contributed by atoms with E-state index in [1.807, 2.05) is 0 Å². The average Bonchev–Trinajstić information content (AvgIpc) is 2.46. The van der Waals surface area contributed by atoms with Crippen LogP contribution in [0.2, 0.25) is 0 Å². The summed E-state index contributed by atoms with van der Waals surface area (Å²) in [6.07, 6.45) is 0. The van der Waals surface area contributed by atoms with Gasteiger partial charge in [0, 0.05) is 19.8 Å². The monoisotopic (exact) mass is 258 g/mol. The number of thiophene rings is 1. The van der Waals surface area contributed by atoms with Gasteiger partial charge in [0.15, 0.2) is 0 Å². The predicted octanol–water partition coefficient (Wildman–Crippen LogP) is 4.09. The van der Waals surface area contributed by atoms with E-state index in [2.05, 4.69) is 52.8 Å². The summed E-state index contributed by atoms with van der Waals surface area (Å²) in [4.78, 5) is 1.33. The van der Waals surface area contributed by atoms with Gasteiger partial charge >= 0.3 is 0 Å². The van der Waals surface area contributed by atoms with Gasteiger partial charge in [0.1, 0.15) is 0 Å². The van der Waals surface area contributed by atoms with Crippen LogP contribution in [0.3, 0.4) is 0 Å². The standard InChI is InChI=1S/C9H7BrS2/c10-7-2-1-6-3-8(5-11)12-9(6)4-7/h1-4,11H,5H2. The maximum absolute atomic E-state index is 4.25. The summed E-state index contributed by atoms with van der Waals surface area (Å²) in [5.41, 5.74) is 0. The van der Waals surface area contributed by atoms with Crippen LogP contribution in [0.25, 0.3) is 10.1 Å². The third-order valence-corrected chi connectivity index (χ3v) is 3.83. The highest BCUT2D eigenvalue weighted by atomic mass is 79.9. The minimum Gasteiger partial charge on any atom is -0.174 e. The molecule has 0 bridgehead atoms. The lowest BCUT2D eigenvalue weighted by Crippen LogP contribution is -1.62. The van der Waals surface area contributed by atoms with Crippen LogP contribution in [0.4, 0.5) is 0 Å². The molecule has 0 saturated carbocycles. The molecular formula is C9H7BrS2. The lowest BCUT2D eigenvalue weighted by Gasteiger charge is -1.88. The van der Waals surface area contributed by atoms with Crippen LogP contribution in [0, 0.1) is 0 Å². The van der Waals surface area contributed by atoms with Crippen molar-refractivity contribution in [2.45, 2.75) is 5.75 Å². The van der Waals surface area contributed by atoms with Gasteiger partial charge in [-0.05, 0) is 23.6 Å². The Bertz CT molecular complexity index is 406. The SMILES string of the molecule is SCc1cc2ccc(Br)cc2s1. The van der Waals surface area contributed by atoms with Gasteiger partial charge in [-0.2, -0.15) is 12.6 Å². The minimum atomic E-state index is 0.830.